The first-order valence-corrected chi connectivity index (χ1v) is 4.50. The van der Waals surface area contributed by atoms with Crippen LogP contribution < -0.4 is 10.4 Å². The summed E-state index contributed by atoms with van der Waals surface area (Å²) in [6.07, 6.45) is 12.4. The van der Waals surface area contributed by atoms with Crippen molar-refractivity contribution in [2.24, 2.45) is 5.41 Å². The second-order valence-electron chi connectivity index (χ2n) is 4.00. The summed E-state index contributed by atoms with van der Waals surface area (Å²) in [5.41, 5.74) is 0.130. The van der Waals surface area contributed by atoms with Crippen LogP contribution in [0.4, 0.5) is 0 Å². The molecule has 0 amide bonds. The summed E-state index contributed by atoms with van der Waals surface area (Å²) in [4.78, 5) is 4.13. The SMILES string of the molecule is CC1(C)C=CC=c2ccncc2=C1. The van der Waals surface area contributed by atoms with Crippen LogP contribution in [0.5, 0.6) is 0 Å². The summed E-state index contributed by atoms with van der Waals surface area (Å²) in [5, 5.41) is 2.47. The van der Waals surface area contributed by atoms with Crippen molar-refractivity contribution in [3.63, 3.8) is 0 Å². The minimum absolute atomic E-state index is 0.130. The first-order chi connectivity index (χ1) is 6.17. The van der Waals surface area contributed by atoms with Crippen LogP contribution in [0.2, 0.25) is 0 Å². The standard InChI is InChI=1S/C12H13N/c1-12(2)6-3-4-10-5-7-13-9-11(10)8-12/h3-9H,1-2H3. The molecule has 0 spiro atoms. The third kappa shape index (κ3) is 1.69. The van der Waals surface area contributed by atoms with E-state index in [4.69, 9.17) is 0 Å². The van der Waals surface area contributed by atoms with E-state index in [1.54, 1.807) is 0 Å². The average Bonchev–Trinajstić information content (AvgIpc) is 2.21. The highest BCUT2D eigenvalue weighted by molar-refractivity contribution is 5.47. The zero-order chi connectivity index (χ0) is 9.31. The van der Waals surface area contributed by atoms with Gasteiger partial charge in [0.15, 0.2) is 0 Å². The Morgan fingerprint density at radius 1 is 1.23 bits per heavy atom. The molecule has 1 aliphatic rings. The highest BCUT2D eigenvalue weighted by atomic mass is 14.6. The Morgan fingerprint density at radius 3 is 2.92 bits per heavy atom. The van der Waals surface area contributed by atoms with Crippen molar-refractivity contribution in [1.29, 1.82) is 0 Å². The smallest absolute Gasteiger partial charge is 0.0343 e. The maximum Gasteiger partial charge on any atom is 0.0343 e. The van der Waals surface area contributed by atoms with Crippen molar-refractivity contribution in [3.05, 3.63) is 41.0 Å². The van der Waals surface area contributed by atoms with E-state index in [0.29, 0.717) is 0 Å². The summed E-state index contributed by atoms with van der Waals surface area (Å²) < 4.78 is 0. The Hall–Kier alpha value is -1.37. The Labute approximate surface area is 78.1 Å². The summed E-state index contributed by atoms with van der Waals surface area (Å²) in [5.74, 6) is 0. The highest BCUT2D eigenvalue weighted by Gasteiger charge is 2.09. The van der Waals surface area contributed by atoms with Crippen LogP contribution in [0.3, 0.4) is 0 Å². The van der Waals surface area contributed by atoms with Gasteiger partial charge in [-0.25, -0.2) is 0 Å². The van der Waals surface area contributed by atoms with Gasteiger partial charge in [0.05, 0.1) is 0 Å². The van der Waals surface area contributed by atoms with E-state index in [9.17, 15) is 0 Å². The van der Waals surface area contributed by atoms with E-state index in [-0.39, 0.29) is 5.41 Å². The van der Waals surface area contributed by atoms with E-state index in [0.717, 1.165) is 0 Å². The fourth-order valence-corrected chi connectivity index (χ4v) is 1.54. The van der Waals surface area contributed by atoms with Gasteiger partial charge >= 0.3 is 0 Å². The van der Waals surface area contributed by atoms with Gasteiger partial charge in [-0.05, 0) is 16.5 Å². The number of allylic oxidation sites excluding steroid dienone is 2. The number of hydrogen-bond acceptors (Lipinski definition) is 1. The van der Waals surface area contributed by atoms with Gasteiger partial charge in [-0.15, -0.1) is 0 Å². The lowest BCUT2D eigenvalue weighted by atomic mass is 9.92. The molecule has 1 aromatic heterocycles. The van der Waals surface area contributed by atoms with E-state index >= 15 is 0 Å². The first-order valence-electron chi connectivity index (χ1n) is 4.50. The van der Waals surface area contributed by atoms with Gasteiger partial charge in [0.2, 0.25) is 0 Å². The lowest BCUT2D eigenvalue weighted by molar-refractivity contribution is 0.670. The van der Waals surface area contributed by atoms with Crippen LogP contribution in [-0.2, 0) is 0 Å². The van der Waals surface area contributed by atoms with Crippen LogP contribution in [0.1, 0.15) is 13.8 Å². The zero-order valence-electron chi connectivity index (χ0n) is 7.99. The molecule has 1 nitrogen and oxygen atoms in total. The van der Waals surface area contributed by atoms with Gasteiger partial charge in [0, 0.05) is 17.8 Å². The zero-order valence-corrected chi connectivity index (χ0v) is 7.99. The number of fused-ring (bicyclic) bond motifs is 1. The molecule has 1 heteroatoms. The highest BCUT2D eigenvalue weighted by Crippen LogP contribution is 2.19. The maximum atomic E-state index is 4.13. The summed E-state index contributed by atoms with van der Waals surface area (Å²) in [6, 6.07) is 2.04. The quantitative estimate of drug-likeness (QED) is 0.572. The largest absolute Gasteiger partial charge is 0.264 e. The molecule has 0 saturated carbocycles. The summed E-state index contributed by atoms with van der Waals surface area (Å²) >= 11 is 0. The Kier molecular flexibility index (Phi) is 1.80. The average molecular weight is 171 g/mol. The van der Waals surface area contributed by atoms with Gasteiger partial charge < -0.3 is 0 Å². The van der Waals surface area contributed by atoms with Crippen LogP contribution in [-0.4, -0.2) is 4.98 Å². The van der Waals surface area contributed by atoms with E-state index < -0.39 is 0 Å². The fourth-order valence-electron chi connectivity index (χ4n) is 1.54. The molecule has 0 radical (unpaired) electrons. The van der Waals surface area contributed by atoms with Crippen molar-refractivity contribution in [3.8, 4) is 0 Å². The molecular formula is C12H13N. The molecule has 0 saturated heterocycles. The molecule has 0 aromatic carbocycles. The summed E-state index contributed by atoms with van der Waals surface area (Å²) in [6.45, 7) is 4.39. The molecule has 0 bridgehead atoms. The number of pyridine rings is 1. The molecule has 0 aliphatic heterocycles. The monoisotopic (exact) mass is 171 g/mol. The van der Waals surface area contributed by atoms with Gasteiger partial charge in [-0.1, -0.05) is 38.2 Å². The minimum Gasteiger partial charge on any atom is -0.264 e. The second kappa shape index (κ2) is 2.84. The number of aromatic nitrogens is 1. The molecule has 1 aromatic rings. The normalized spacial score (nSPS) is 18.0. The van der Waals surface area contributed by atoms with Crippen molar-refractivity contribution in [1.82, 2.24) is 4.98 Å². The fraction of sp³-hybridized carbons (Fsp3) is 0.250. The minimum atomic E-state index is 0.130. The molecule has 0 unspecified atom stereocenters. The Bertz CT molecular complexity index is 452. The topological polar surface area (TPSA) is 12.9 Å². The predicted octanol–water partition coefficient (Wildman–Crippen LogP) is 1.24. The third-order valence-electron chi connectivity index (χ3n) is 2.22. The molecule has 1 heterocycles. The maximum absolute atomic E-state index is 4.13. The molecule has 0 fully saturated rings. The molecule has 66 valence electrons. The van der Waals surface area contributed by atoms with Crippen LogP contribution in [0.15, 0.2) is 30.6 Å². The van der Waals surface area contributed by atoms with Crippen molar-refractivity contribution >= 4 is 12.2 Å². The summed E-state index contributed by atoms with van der Waals surface area (Å²) in [7, 11) is 0. The van der Waals surface area contributed by atoms with Gasteiger partial charge in [0.25, 0.3) is 0 Å². The molecule has 0 atom stereocenters. The Balaban J connectivity index is 2.77. The van der Waals surface area contributed by atoms with Gasteiger partial charge in [-0.2, -0.15) is 0 Å². The van der Waals surface area contributed by atoms with Crippen molar-refractivity contribution < 1.29 is 0 Å². The number of nitrogens with zero attached hydrogens (tertiary/aromatic N) is 1. The molecule has 1 aliphatic carbocycles. The van der Waals surface area contributed by atoms with Crippen LogP contribution in [0, 0.1) is 5.41 Å². The molecule has 13 heavy (non-hydrogen) atoms. The molecule has 0 N–H and O–H groups in total. The lowest BCUT2D eigenvalue weighted by Crippen LogP contribution is -2.25. The van der Waals surface area contributed by atoms with Gasteiger partial charge in [0.1, 0.15) is 0 Å². The van der Waals surface area contributed by atoms with E-state index in [1.165, 1.54) is 10.4 Å². The van der Waals surface area contributed by atoms with E-state index in [1.807, 2.05) is 18.5 Å². The van der Waals surface area contributed by atoms with Crippen molar-refractivity contribution in [2.45, 2.75) is 13.8 Å². The molecular weight excluding hydrogens is 158 g/mol. The number of hydrogen-bond donors (Lipinski definition) is 0. The van der Waals surface area contributed by atoms with E-state index in [2.05, 4.69) is 43.1 Å². The third-order valence-corrected chi connectivity index (χ3v) is 2.22. The first kappa shape index (κ1) is 8.24. The lowest BCUT2D eigenvalue weighted by Gasteiger charge is -2.12. The Morgan fingerprint density at radius 2 is 2.08 bits per heavy atom. The van der Waals surface area contributed by atoms with Crippen LogP contribution >= 0.6 is 0 Å². The molecule has 2 rings (SSSR count). The second-order valence-corrected chi connectivity index (χ2v) is 4.00. The van der Waals surface area contributed by atoms with Crippen LogP contribution in [0.25, 0.3) is 12.2 Å². The number of rotatable bonds is 0. The van der Waals surface area contributed by atoms with Gasteiger partial charge in [-0.3, -0.25) is 4.98 Å². The van der Waals surface area contributed by atoms with Crippen molar-refractivity contribution in [2.75, 3.05) is 0 Å². The predicted molar refractivity (Wildman–Crippen MR) is 55.3 cm³/mol.